The topological polar surface area (TPSA) is 58.4 Å². The first-order valence-electron chi connectivity index (χ1n) is 13.9. The number of aromatic nitrogens is 2. The largest absolute Gasteiger partial charge is 0.478 e. The van der Waals surface area contributed by atoms with E-state index in [9.17, 15) is 9.90 Å². The van der Waals surface area contributed by atoms with Crippen molar-refractivity contribution in [1.29, 1.82) is 0 Å². The van der Waals surface area contributed by atoms with Crippen LogP contribution in [0.3, 0.4) is 0 Å². The van der Waals surface area contributed by atoms with Crippen molar-refractivity contribution in [2.75, 3.05) is 4.90 Å². The van der Waals surface area contributed by atoms with Crippen LogP contribution in [-0.2, 0) is 13.1 Å². The molecule has 1 saturated carbocycles. The van der Waals surface area contributed by atoms with Crippen molar-refractivity contribution in [2.24, 2.45) is 0 Å². The number of nitrogens with zero attached hydrogens (tertiary/aromatic N) is 3. The second kappa shape index (κ2) is 11.6. The lowest BCUT2D eigenvalue weighted by Gasteiger charge is -2.26. The number of hydrogen-bond donors (Lipinski definition) is 1. The molecule has 0 atom stereocenters. The van der Waals surface area contributed by atoms with Crippen molar-refractivity contribution in [1.82, 2.24) is 9.55 Å². The Bertz CT molecular complexity index is 1620. The Morgan fingerprint density at radius 3 is 2.33 bits per heavy atom. The van der Waals surface area contributed by atoms with E-state index in [4.69, 9.17) is 16.6 Å². The number of rotatable bonds is 8. The maximum atomic E-state index is 11.6. The van der Waals surface area contributed by atoms with Crippen LogP contribution in [0, 0.1) is 0 Å². The van der Waals surface area contributed by atoms with E-state index in [0.29, 0.717) is 6.04 Å². The van der Waals surface area contributed by atoms with E-state index in [1.807, 2.05) is 30.3 Å². The fourth-order valence-electron chi connectivity index (χ4n) is 5.86. The second-order valence-corrected chi connectivity index (χ2v) is 11.1. The van der Waals surface area contributed by atoms with Gasteiger partial charge in [0.1, 0.15) is 5.82 Å². The van der Waals surface area contributed by atoms with Gasteiger partial charge in [-0.1, -0.05) is 85.5 Å². The monoisotopic (exact) mass is 549 g/mol. The molecule has 0 amide bonds. The van der Waals surface area contributed by atoms with Crippen LogP contribution in [0.1, 0.15) is 59.6 Å². The number of anilines is 1. The Kier molecular flexibility index (Phi) is 7.56. The number of para-hydroxylation sites is 1. The molecule has 1 heterocycles. The first-order valence-corrected chi connectivity index (χ1v) is 14.3. The lowest BCUT2D eigenvalue weighted by Crippen LogP contribution is -2.22. The lowest BCUT2D eigenvalue weighted by atomic mass is 9.94. The lowest BCUT2D eigenvalue weighted by molar-refractivity contribution is 0.0697. The minimum Gasteiger partial charge on any atom is -0.478 e. The average molecular weight is 550 g/mol. The van der Waals surface area contributed by atoms with Gasteiger partial charge < -0.3 is 14.6 Å². The molecular weight excluding hydrogens is 518 g/mol. The molecule has 0 bridgehead atoms. The van der Waals surface area contributed by atoms with Crippen LogP contribution in [-0.4, -0.2) is 20.6 Å². The number of carboxylic acid groups (broad SMARTS) is 1. The molecule has 0 radical (unpaired) electrons. The normalized spacial score (nSPS) is 13.9. The summed E-state index contributed by atoms with van der Waals surface area (Å²) in [6, 6.07) is 32.8. The highest BCUT2D eigenvalue weighted by atomic mass is 35.5. The number of carboxylic acids is 1. The number of hydrogen-bond acceptors (Lipinski definition) is 3. The minimum atomic E-state index is -0.930. The van der Waals surface area contributed by atoms with E-state index in [-0.39, 0.29) is 5.56 Å². The summed E-state index contributed by atoms with van der Waals surface area (Å²) >= 11 is 6.28. The Balaban J connectivity index is 1.32. The van der Waals surface area contributed by atoms with Crippen molar-refractivity contribution < 1.29 is 9.90 Å². The van der Waals surface area contributed by atoms with Gasteiger partial charge in [0.15, 0.2) is 0 Å². The quantitative estimate of drug-likeness (QED) is 0.210. The van der Waals surface area contributed by atoms with Gasteiger partial charge in [0, 0.05) is 35.4 Å². The Morgan fingerprint density at radius 2 is 1.60 bits per heavy atom. The van der Waals surface area contributed by atoms with Gasteiger partial charge in [-0.05, 0) is 66.4 Å². The van der Waals surface area contributed by atoms with E-state index >= 15 is 0 Å². The third-order valence-electron chi connectivity index (χ3n) is 7.85. The third-order valence-corrected chi connectivity index (χ3v) is 8.08. The predicted molar refractivity (Wildman–Crippen MR) is 162 cm³/mol. The molecule has 6 heteroatoms. The Labute approximate surface area is 239 Å². The van der Waals surface area contributed by atoms with E-state index in [2.05, 4.69) is 64.1 Å². The molecule has 1 N–H and O–H groups in total. The van der Waals surface area contributed by atoms with E-state index in [1.165, 1.54) is 24.8 Å². The van der Waals surface area contributed by atoms with Crippen molar-refractivity contribution in [2.45, 2.75) is 51.2 Å². The third kappa shape index (κ3) is 5.61. The smallest absolute Gasteiger partial charge is 0.335 e. The summed E-state index contributed by atoms with van der Waals surface area (Å²) in [4.78, 5) is 19.0. The van der Waals surface area contributed by atoms with Crippen molar-refractivity contribution in [3.8, 4) is 11.4 Å². The zero-order chi connectivity index (χ0) is 27.5. The molecule has 202 valence electrons. The fourth-order valence-corrected chi connectivity index (χ4v) is 6.07. The van der Waals surface area contributed by atoms with E-state index in [1.54, 1.807) is 12.1 Å². The maximum absolute atomic E-state index is 11.6. The molecule has 1 aliphatic carbocycles. The molecular formula is C34H32ClN3O2. The van der Waals surface area contributed by atoms with Gasteiger partial charge in [0.05, 0.1) is 16.6 Å². The summed E-state index contributed by atoms with van der Waals surface area (Å²) < 4.78 is 2.35. The minimum absolute atomic E-state index is 0.267. The summed E-state index contributed by atoms with van der Waals surface area (Å²) in [5.41, 5.74) is 6.57. The summed E-state index contributed by atoms with van der Waals surface area (Å²) in [6.07, 6.45) is 5.92. The van der Waals surface area contributed by atoms with Gasteiger partial charge in [-0.2, -0.15) is 0 Å². The SMILES string of the molecule is O=C(O)c1ccc2c(c1)nc(-c1ccc(CN(Cc3cccc(Cl)c3)c3ccccc3)cc1)n2C1CCCCC1. The summed E-state index contributed by atoms with van der Waals surface area (Å²) in [7, 11) is 0. The number of benzene rings is 4. The number of fused-ring (bicyclic) bond motifs is 1. The molecule has 0 spiro atoms. The molecule has 5 nitrogen and oxygen atoms in total. The number of imidazole rings is 1. The summed E-state index contributed by atoms with van der Waals surface area (Å²) in [6.45, 7) is 1.49. The van der Waals surface area contributed by atoms with Crippen LogP contribution in [0.25, 0.3) is 22.4 Å². The first kappa shape index (κ1) is 26.1. The standard InChI is InChI=1S/C34H32ClN3O2/c35-28-9-7-8-25(20-28)23-37(29-10-3-1-4-11-29)22-24-14-16-26(17-15-24)33-36-31-21-27(34(39)40)18-19-32(31)38(33)30-12-5-2-6-13-30/h1,3-4,7-11,14-21,30H,2,5-6,12-13,22-23H2,(H,39,40). The van der Waals surface area contributed by atoms with Crippen molar-refractivity contribution in [3.05, 3.63) is 119 Å². The Morgan fingerprint density at radius 1 is 0.850 bits per heavy atom. The van der Waals surface area contributed by atoms with Gasteiger partial charge in [0.25, 0.3) is 0 Å². The molecule has 40 heavy (non-hydrogen) atoms. The van der Waals surface area contributed by atoms with Crippen molar-refractivity contribution >= 4 is 34.3 Å². The second-order valence-electron chi connectivity index (χ2n) is 10.6. The highest BCUT2D eigenvalue weighted by molar-refractivity contribution is 6.30. The average Bonchev–Trinajstić information content (AvgIpc) is 3.37. The highest BCUT2D eigenvalue weighted by Gasteiger charge is 2.23. The zero-order valence-electron chi connectivity index (χ0n) is 22.3. The van der Waals surface area contributed by atoms with Gasteiger partial charge in [-0.3, -0.25) is 0 Å². The maximum Gasteiger partial charge on any atom is 0.335 e. The molecule has 1 aromatic heterocycles. The van der Waals surface area contributed by atoms with Crippen LogP contribution < -0.4 is 4.90 Å². The molecule has 0 saturated heterocycles. The first-order chi connectivity index (χ1) is 19.5. The molecule has 1 aliphatic rings. The molecule has 5 aromatic rings. The van der Waals surface area contributed by atoms with E-state index < -0.39 is 5.97 Å². The highest BCUT2D eigenvalue weighted by Crippen LogP contribution is 2.36. The number of carbonyl (C=O) groups is 1. The number of halogens is 1. The Hall–Kier alpha value is -4.09. The molecule has 0 aliphatic heterocycles. The van der Waals surface area contributed by atoms with Crippen LogP contribution in [0.5, 0.6) is 0 Å². The molecule has 4 aromatic carbocycles. The summed E-state index contributed by atoms with van der Waals surface area (Å²) in [5.74, 6) is -0.0180. The van der Waals surface area contributed by atoms with Gasteiger partial charge >= 0.3 is 5.97 Å². The van der Waals surface area contributed by atoms with Crippen LogP contribution >= 0.6 is 11.6 Å². The number of aromatic carboxylic acids is 1. The molecule has 0 unspecified atom stereocenters. The zero-order valence-corrected chi connectivity index (χ0v) is 23.1. The van der Waals surface area contributed by atoms with Crippen LogP contribution in [0.4, 0.5) is 5.69 Å². The molecule has 6 rings (SSSR count). The summed E-state index contributed by atoms with van der Waals surface area (Å²) in [5, 5.41) is 10.3. The van der Waals surface area contributed by atoms with Gasteiger partial charge in [0.2, 0.25) is 0 Å². The van der Waals surface area contributed by atoms with Gasteiger partial charge in [-0.15, -0.1) is 0 Å². The van der Waals surface area contributed by atoms with E-state index in [0.717, 1.165) is 64.6 Å². The molecule has 1 fully saturated rings. The predicted octanol–water partition coefficient (Wildman–Crippen LogP) is 8.77. The fraction of sp³-hybridized carbons (Fsp3) is 0.235. The van der Waals surface area contributed by atoms with Crippen LogP contribution in [0.15, 0.2) is 97.1 Å². The van der Waals surface area contributed by atoms with Crippen molar-refractivity contribution in [3.63, 3.8) is 0 Å². The van der Waals surface area contributed by atoms with Gasteiger partial charge in [-0.25, -0.2) is 9.78 Å². The van der Waals surface area contributed by atoms with Crippen LogP contribution in [0.2, 0.25) is 5.02 Å².